The highest BCUT2D eigenvalue weighted by molar-refractivity contribution is 9.10. The fourth-order valence-corrected chi connectivity index (χ4v) is 2.57. The third-order valence-electron chi connectivity index (χ3n) is 3.08. The number of hydrogen-bond acceptors (Lipinski definition) is 2. The molecule has 0 aliphatic rings. The number of benzene rings is 2. The highest BCUT2D eigenvalue weighted by Gasteiger charge is 2.06. The van der Waals surface area contributed by atoms with Gasteiger partial charge in [0.05, 0.1) is 6.61 Å². The summed E-state index contributed by atoms with van der Waals surface area (Å²) in [6, 6.07) is 16.0. The van der Waals surface area contributed by atoms with Crippen molar-refractivity contribution in [2.24, 2.45) is 0 Å². The van der Waals surface area contributed by atoms with Crippen molar-refractivity contribution in [1.29, 1.82) is 0 Å². The van der Waals surface area contributed by atoms with Crippen molar-refractivity contribution in [2.45, 2.75) is 13.5 Å². The predicted molar refractivity (Wildman–Crippen MR) is 99.4 cm³/mol. The van der Waals surface area contributed by atoms with E-state index in [0.29, 0.717) is 11.7 Å². The topological polar surface area (TPSA) is 24.5 Å². The lowest BCUT2D eigenvalue weighted by Gasteiger charge is -2.21. The average Bonchev–Trinajstić information content (AvgIpc) is 2.49. The summed E-state index contributed by atoms with van der Waals surface area (Å²) < 4.78 is 6.47. The summed E-state index contributed by atoms with van der Waals surface area (Å²) in [5.74, 6) is 0.892. The van der Waals surface area contributed by atoms with Crippen molar-refractivity contribution in [3.63, 3.8) is 0 Å². The average molecular weight is 379 g/mol. The van der Waals surface area contributed by atoms with Crippen molar-refractivity contribution < 1.29 is 4.74 Å². The number of nitrogens with one attached hydrogen (secondary N) is 1. The minimum atomic E-state index is 0.680. The van der Waals surface area contributed by atoms with Crippen LogP contribution in [0.25, 0.3) is 0 Å². The van der Waals surface area contributed by atoms with Gasteiger partial charge in [-0.1, -0.05) is 34.1 Å². The molecule has 0 radical (unpaired) electrons. The van der Waals surface area contributed by atoms with Crippen molar-refractivity contribution in [3.05, 3.63) is 58.6 Å². The number of halogens is 1. The number of hydrogen-bond donors (Lipinski definition) is 1. The molecular formula is C17H19BrN2OS. The van der Waals surface area contributed by atoms with Crippen LogP contribution in [0.2, 0.25) is 0 Å². The number of anilines is 1. The minimum Gasteiger partial charge on any atom is -0.494 e. The molecule has 0 aromatic heterocycles. The maximum atomic E-state index is 5.45. The number of ether oxygens (including phenoxy) is 1. The van der Waals surface area contributed by atoms with Gasteiger partial charge >= 0.3 is 0 Å². The van der Waals surface area contributed by atoms with Gasteiger partial charge in [0.25, 0.3) is 0 Å². The van der Waals surface area contributed by atoms with E-state index < -0.39 is 0 Å². The van der Waals surface area contributed by atoms with Crippen LogP contribution in [0.5, 0.6) is 5.75 Å². The van der Waals surface area contributed by atoms with Crippen LogP contribution in [-0.4, -0.2) is 23.7 Å². The maximum Gasteiger partial charge on any atom is 0.173 e. The molecule has 3 nitrogen and oxygen atoms in total. The van der Waals surface area contributed by atoms with E-state index in [2.05, 4.69) is 33.4 Å². The second-order valence-corrected chi connectivity index (χ2v) is 6.18. The Bertz CT molecular complexity index is 631. The van der Waals surface area contributed by atoms with Crippen LogP contribution < -0.4 is 10.1 Å². The standard InChI is InChI=1S/C17H19BrN2OS/c1-3-21-16-9-7-13(8-10-16)12-20(2)17(22)19-15-6-4-5-14(18)11-15/h4-11H,3,12H2,1-2H3,(H,19,22). The Kier molecular flexibility index (Phi) is 6.21. The lowest BCUT2D eigenvalue weighted by atomic mass is 10.2. The molecule has 5 heteroatoms. The maximum absolute atomic E-state index is 5.45. The Balaban J connectivity index is 1.93. The van der Waals surface area contributed by atoms with Crippen molar-refractivity contribution in [2.75, 3.05) is 19.0 Å². The lowest BCUT2D eigenvalue weighted by molar-refractivity contribution is 0.340. The number of thiocarbonyl (C=S) groups is 1. The summed E-state index contributed by atoms with van der Waals surface area (Å²) in [6.45, 7) is 3.40. The summed E-state index contributed by atoms with van der Waals surface area (Å²) in [5.41, 5.74) is 2.15. The molecule has 0 aliphatic carbocycles. The molecule has 0 heterocycles. The second kappa shape index (κ2) is 8.15. The van der Waals surface area contributed by atoms with Crippen molar-refractivity contribution >= 4 is 38.9 Å². The molecule has 0 amide bonds. The van der Waals surface area contributed by atoms with Gasteiger partial charge in [0.15, 0.2) is 5.11 Å². The van der Waals surface area contributed by atoms with Crippen LogP contribution in [-0.2, 0) is 6.54 Å². The first kappa shape index (κ1) is 16.8. The molecule has 0 saturated carbocycles. The smallest absolute Gasteiger partial charge is 0.173 e. The van der Waals surface area contributed by atoms with E-state index in [1.807, 2.05) is 55.3 Å². The van der Waals surface area contributed by atoms with Crippen LogP contribution >= 0.6 is 28.1 Å². The quantitative estimate of drug-likeness (QED) is 0.763. The van der Waals surface area contributed by atoms with Crippen molar-refractivity contribution in [3.8, 4) is 5.75 Å². The molecule has 2 aromatic rings. The van der Waals surface area contributed by atoms with Crippen LogP contribution in [0.1, 0.15) is 12.5 Å². The molecule has 116 valence electrons. The van der Waals surface area contributed by atoms with E-state index in [0.717, 1.165) is 22.5 Å². The largest absolute Gasteiger partial charge is 0.494 e. The number of rotatable bonds is 5. The Morgan fingerprint density at radius 2 is 1.95 bits per heavy atom. The monoisotopic (exact) mass is 378 g/mol. The molecule has 1 N–H and O–H groups in total. The Morgan fingerprint density at radius 1 is 1.23 bits per heavy atom. The van der Waals surface area contributed by atoms with E-state index >= 15 is 0 Å². The second-order valence-electron chi connectivity index (χ2n) is 4.87. The number of nitrogens with zero attached hydrogens (tertiary/aromatic N) is 1. The molecule has 22 heavy (non-hydrogen) atoms. The normalized spacial score (nSPS) is 10.1. The highest BCUT2D eigenvalue weighted by Crippen LogP contribution is 2.17. The summed E-state index contributed by atoms with van der Waals surface area (Å²) in [4.78, 5) is 2.01. The van der Waals surface area contributed by atoms with Crippen LogP contribution in [0.3, 0.4) is 0 Å². The molecule has 0 fully saturated rings. The van der Waals surface area contributed by atoms with Gasteiger partial charge in [-0.2, -0.15) is 0 Å². The van der Waals surface area contributed by atoms with Gasteiger partial charge in [-0.05, 0) is 55.0 Å². The van der Waals surface area contributed by atoms with Crippen LogP contribution in [0.15, 0.2) is 53.0 Å². The lowest BCUT2D eigenvalue weighted by Crippen LogP contribution is -2.30. The summed E-state index contributed by atoms with van der Waals surface area (Å²) in [5, 5.41) is 3.92. The molecule has 0 aliphatic heterocycles. The van der Waals surface area contributed by atoms with Gasteiger partial charge < -0.3 is 15.0 Å². The van der Waals surface area contributed by atoms with Crippen LogP contribution in [0.4, 0.5) is 5.69 Å². The van der Waals surface area contributed by atoms with Gasteiger partial charge in [-0.25, -0.2) is 0 Å². The van der Waals surface area contributed by atoms with Crippen LogP contribution in [0, 0.1) is 0 Å². The van der Waals surface area contributed by atoms with Gasteiger partial charge in [-0.15, -0.1) is 0 Å². The summed E-state index contributed by atoms with van der Waals surface area (Å²) >= 11 is 8.90. The van der Waals surface area contributed by atoms with Gasteiger partial charge in [0, 0.05) is 23.8 Å². The molecule has 0 spiro atoms. The zero-order valence-corrected chi connectivity index (χ0v) is 15.1. The first-order valence-corrected chi connectivity index (χ1v) is 8.28. The minimum absolute atomic E-state index is 0.680. The van der Waals surface area contributed by atoms with Gasteiger partial charge in [-0.3, -0.25) is 0 Å². The third kappa shape index (κ3) is 5.00. The Morgan fingerprint density at radius 3 is 2.59 bits per heavy atom. The van der Waals surface area contributed by atoms with E-state index in [4.69, 9.17) is 17.0 Å². The summed E-state index contributed by atoms with van der Waals surface area (Å²) in [7, 11) is 1.98. The molecule has 0 atom stereocenters. The summed E-state index contributed by atoms with van der Waals surface area (Å²) in [6.07, 6.45) is 0. The van der Waals surface area contributed by atoms with E-state index in [1.165, 1.54) is 5.56 Å². The molecular weight excluding hydrogens is 360 g/mol. The van der Waals surface area contributed by atoms with Gasteiger partial charge in [0.1, 0.15) is 5.75 Å². The van der Waals surface area contributed by atoms with Gasteiger partial charge in [0.2, 0.25) is 0 Å². The first-order chi connectivity index (χ1) is 10.6. The molecule has 0 bridgehead atoms. The third-order valence-corrected chi connectivity index (χ3v) is 3.98. The Hall–Kier alpha value is -1.59. The van der Waals surface area contributed by atoms with E-state index in [9.17, 15) is 0 Å². The fraction of sp³-hybridized carbons (Fsp3) is 0.235. The molecule has 0 unspecified atom stereocenters. The SMILES string of the molecule is CCOc1ccc(CN(C)C(=S)Nc2cccc(Br)c2)cc1. The van der Waals surface area contributed by atoms with E-state index in [1.54, 1.807) is 0 Å². The van der Waals surface area contributed by atoms with Crippen molar-refractivity contribution in [1.82, 2.24) is 4.90 Å². The zero-order chi connectivity index (χ0) is 15.9. The molecule has 2 rings (SSSR count). The first-order valence-electron chi connectivity index (χ1n) is 7.08. The molecule has 2 aromatic carbocycles. The zero-order valence-electron chi connectivity index (χ0n) is 12.7. The molecule has 0 saturated heterocycles. The Labute approximate surface area is 145 Å². The van der Waals surface area contributed by atoms with E-state index in [-0.39, 0.29) is 0 Å². The predicted octanol–water partition coefficient (Wildman–Crippen LogP) is 4.68. The highest BCUT2D eigenvalue weighted by atomic mass is 79.9. The fourth-order valence-electron chi connectivity index (χ4n) is 1.99.